The number of allylic oxidation sites excluding steroid dienone is 1. The van der Waals surface area contributed by atoms with Gasteiger partial charge in [0.1, 0.15) is 5.75 Å². The van der Waals surface area contributed by atoms with Gasteiger partial charge in [0.15, 0.2) is 5.78 Å². The second-order valence-electron chi connectivity index (χ2n) is 3.49. The van der Waals surface area contributed by atoms with Crippen molar-refractivity contribution in [1.29, 1.82) is 0 Å². The summed E-state index contributed by atoms with van der Waals surface area (Å²) in [5.41, 5.74) is 1.55. The van der Waals surface area contributed by atoms with E-state index in [1.165, 1.54) is 12.1 Å². The number of aryl methyl sites for hydroxylation is 2. The second kappa shape index (κ2) is 4.61. The highest BCUT2D eigenvalue weighted by Gasteiger charge is 2.08. The number of aromatic hydroxyl groups is 1. The molecule has 4 heteroatoms. The quantitative estimate of drug-likeness (QED) is 0.602. The highest BCUT2D eigenvalue weighted by molar-refractivity contribution is 6.07. The Morgan fingerprint density at radius 3 is 2.06 bits per heavy atom. The van der Waals surface area contributed by atoms with E-state index in [9.17, 15) is 14.7 Å². The monoisotopic (exact) mass is 220 g/mol. The Balaban J connectivity index is 3.06. The van der Waals surface area contributed by atoms with Crippen molar-refractivity contribution >= 4 is 11.8 Å². The van der Waals surface area contributed by atoms with Crippen molar-refractivity contribution in [3.8, 4) is 5.75 Å². The number of carboxylic acid groups (broad SMARTS) is 1. The van der Waals surface area contributed by atoms with Gasteiger partial charge in [0.25, 0.3) is 0 Å². The number of ketones is 1. The van der Waals surface area contributed by atoms with Crippen LogP contribution in [0.15, 0.2) is 24.3 Å². The molecule has 0 saturated heterocycles. The Morgan fingerprint density at radius 1 is 1.12 bits per heavy atom. The summed E-state index contributed by atoms with van der Waals surface area (Å²) in [6.07, 6.45) is 1.79. The van der Waals surface area contributed by atoms with E-state index in [0.29, 0.717) is 16.7 Å². The Labute approximate surface area is 92.8 Å². The summed E-state index contributed by atoms with van der Waals surface area (Å²) >= 11 is 0. The zero-order valence-electron chi connectivity index (χ0n) is 9.02. The number of hydrogen-bond acceptors (Lipinski definition) is 3. The maximum atomic E-state index is 11.5. The van der Waals surface area contributed by atoms with Crippen LogP contribution in [-0.2, 0) is 4.79 Å². The highest BCUT2D eigenvalue weighted by Crippen LogP contribution is 2.23. The number of carbonyl (C=O) groups is 2. The molecule has 2 N–H and O–H groups in total. The summed E-state index contributed by atoms with van der Waals surface area (Å²) in [6, 6.07) is 3.05. The molecule has 0 amide bonds. The van der Waals surface area contributed by atoms with Crippen molar-refractivity contribution in [2.75, 3.05) is 0 Å². The molecule has 0 radical (unpaired) electrons. The normalized spacial score (nSPS) is 10.6. The standard InChI is InChI=1S/C12H12O4/c1-7-5-9(6-8(2)12(7)16)10(13)3-4-11(14)15/h3-6,16H,1-2H3,(H,14,15). The van der Waals surface area contributed by atoms with Gasteiger partial charge in [-0.25, -0.2) is 4.79 Å². The van der Waals surface area contributed by atoms with Gasteiger partial charge in [-0.3, -0.25) is 4.79 Å². The van der Waals surface area contributed by atoms with Crippen LogP contribution in [0.1, 0.15) is 21.5 Å². The van der Waals surface area contributed by atoms with Gasteiger partial charge in [0.05, 0.1) is 0 Å². The molecule has 0 aliphatic heterocycles. The summed E-state index contributed by atoms with van der Waals surface area (Å²) in [6.45, 7) is 3.36. The molecule has 16 heavy (non-hydrogen) atoms. The molecule has 0 spiro atoms. The highest BCUT2D eigenvalue weighted by atomic mass is 16.4. The first-order chi connectivity index (χ1) is 7.41. The molecule has 0 bridgehead atoms. The molecule has 0 heterocycles. The summed E-state index contributed by atoms with van der Waals surface area (Å²) < 4.78 is 0. The van der Waals surface area contributed by atoms with E-state index in [-0.39, 0.29) is 5.75 Å². The summed E-state index contributed by atoms with van der Waals surface area (Å²) in [7, 11) is 0. The lowest BCUT2D eigenvalue weighted by atomic mass is 10.0. The Morgan fingerprint density at radius 2 is 1.62 bits per heavy atom. The predicted octanol–water partition coefficient (Wildman–Crippen LogP) is 1.83. The predicted molar refractivity (Wildman–Crippen MR) is 58.7 cm³/mol. The fraction of sp³-hybridized carbons (Fsp3) is 0.167. The zero-order chi connectivity index (χ0) is 12.3. The number of benzene rings is 1. The van der Waals surface area contributed by atoms with Crippen molar-refractivity contribution in [1.82, 2.24) is 0 Å². The molecule has 0 aliphatic carbocycles. The first-order valence-corrected chi connectivity index (χ1v) is 4.67. The van der Waals surface area contributed by atoms with E-state index in [4.69, 9.17) is 5.11 Å². The van der Waals surface area contributed by atoms with E-state index < -0.39 is 11.8 Å². The fourth-order valence-corrected chi connectivity index (χ4v) is 1.34. The lowest BCUT2D eigenvalue weighted by Gasteiger charge is -2.05. The van der Waals surface area contributed by atoms with Crippen molar-refractivity contribution in [2.45, 2.75) is 13.8 Å². The molecule has 84 valence electrons. The van der Waals surface area contributed by atoms with Gasteiger partial charge in [-0.15, -0.1) is 0 Å². The molecule has 1 aromatic rings. The number of aliphatic carboxylic acids is 1. The van der Waals surface area contributed by atoms with Crippen LogP contribution >= 0.6 is 0 Å². The van der Waals surface area contributed by atoms with Crippen molar-refractivity contribution in [3.63, 3.8) is 0 Å². The summed E-state index contributed by atoms with van der Waals surface area (Å²) in [5, 5.41) is 17.9. The van der Waals surface area contributed by atoms with Gasteiger partial charge in [0.2, 0.25) is 0 Å². The van der Waals surface area contributed by atoms with Crippen LogP contribution in [0.5, 0.6) is 5.75 Å². The van der Waals surface area contributed by atoms with Gasteiger partial charge >= 0.3 is 5.97 Å². The Hall–Kier alpha value is -2.10. The van der Waals surface area contributed by atoms with Gasteiger partial charge < -0.3 is 10.2 Å². The van der Waals surface area contributed by atoms with E-state index in [1.54, 1.807) is 13.8 Å². The third kappa shape index (κ3) is 2.70. The van der Waals surface area contributed by atoms with Gasteiger partial charge in [-0.2, -0.15) is 0 Å². The van der Waals surface area contributed by atoms with Crippen LogP contribution in [0.3, 0.4) is 0 Å². The number of rotatable bonds is 3. The van der Waals surface area contributed by atoms with Gasteiger partial charge in [-0.05, 0) is 43.2 Å². The van der Waals surface area contributed by atoms with Crippen molar-refractivity contribution in [3.05, 3.63) is 41.0 Å². The van der Waals surface area contributed by atoms with Gasteiger partial charge in [-0.1, -0.05) is 0 Å². The van der Waals surface area contributed by atoms with E-state index >= 15 is 0 Å². The molecule has 0 aliphatic rings. The van der Waals surface area contributed by atoms with Crippen LogP contribution in [-0.4, -0.2) is 22.0 Å². The van der Waals surface area contributed by atoms with E-state index in [1.807, 2.05) is 0 Å². The third-order valence-electron chi connectivity index (χ3n) is 2.15. The minimum atomic E-state index is -1.17. The molecule has 1 rings (SSSR count). The van der Waals surface area contributed by atoms with E-state index in [2.05, 4.69) is 0 Å². The zero-order valence-corrected chi connectivity index (χ0v) is 9.02. The molecular formula is C12H12O4. The van der Waals surface area contributed by atoms with Crippen LogP contribution in [0.4, 0.5) is 0 Å². The molecular weight excluding hydrogens is 208 g/mol. The first kappa shape index (κ1) is 12.0. The lowest BCUT2D eigenvalue weighted by Crippen LogP contribution is -1.98. The summed E-state index contributed by atoms with van der Waals surface area (Å²) in [5.74, 6) is -1.41. The fourth-order valence-electron chi connectivity index (χ4n) is 1.34. The minimum absolute atomic E-state index is 0.152. The minimum Gasteiger partial charge on any atom is -0.507 e. The Bertz CT molecular complexity index is 449. The molecule has 1 aromatic carbocycles. The molecule has 0 saturated carbocycles. The first-order valence-electron chi connectivity index (χ1n) is 4.67. The van der Waals surface area contributed by atoms with Crippen molar-refractivity contribution < 1.29 is 19.8 Å². The SMILES string of the molecule is Cc1cc(C(=O)C=CC(=O)O)cc(C)c1O. The average molecular weight is 220 g/mol. The van der Waals surface area contributed by atoms with Crippen LogP contribution in [0.25, 0.3) is 0 Å². The van der Waals surface area contributed by atoms with Crippen LogP contribution in [0.2, 0.25) is 0 Å². The Kier molecular flexibility index (Phi) is 3.45. The second-order valence-corrected chi connectivity index (χ2v) is 3.49. The van der Waals surface area contributed by atoms with Crippen LogP contribution in [0, 0.1) is 13.8 Å². The molecule has 0 atom stereocenters. The number of hydrogen-bond donors (Lipinski definition) is 2. The van der Waals surface area contributed by atoms with Crippen LogP contribution < -0.4 is 0 Å². The molecule has 0 aromatic heterocycles. The molecule has 0 fully saturated rings. The van der Waals surface area contributed by atoms with Gasteiger partial charge in [0, 0.05) is 11.6 Å². The lowest BCUT2D eigenvalue weighted by molar-refractivity contribution is -0.131. The number of carboxylic acids is 1. The largest absolute Gasteiger partial charge is 0.507 e. The summed E-state index contributed by atoms with van der Waals surface area (Å²) in [4.78, 5) is 21.8. The smallest absolute Gasteiger partial charge is 0.328 e. The number of phenols is 1. The number of phenolic OH excluding ortho intramolecular Hbond substituents is 1. The maximum absolute atomic E-state index is 11.5. The average Bonchev–Trinajstić information content (AvgIpc) is 2.21. The maximum Gasteiger partial charge on any atom is 0.328 e. The van der Waals surface area contributed by atoms with Crippen molar-refractivity contribution in [2.24, 2.45) is 0 Å². The van der Waals surface area contributed by atoms with E-state index in [0.717, 1.165) is 12.2 Å². The number of carbonyl (C=O) groups excluding carboxylic acids is 1. The third-order valence-corrected chi connectivity index (χ3v) is 2.15. The molecule has 4 nitrogen and oxygen atoms in total. The molecule has 0 unspecified atom stereocenters. The topological polar surface area (TPSA) is 74.6 Å².